The molecule has 1 fully saturated rings. The Labute approximate surface area is 124 Å². The average Bonchev–Trinajstić information content (AvgIpc) is 2.54. The summed E-state index contributed by atoms with van der Waals surface area (Å²) in [6.45, 7) is 5.02. The number of rotatable bonds is 5. The van der Waals surface area contributed by atoms with Crippen LogP contribution in [0, 0.1) is 5.92 Å². The summed E-state index contributed by atoms with van der Waals surface area (Å²) in [5, 5.41) is 2.69. The van der Waals surface area contributed by atoms with Gasteiger partial charge in [0.2, 0.25) is 11.8 Å². The van der Waals surface area contributed by atoms with Gasteiger partial charge in [0.1, 0.15) is 0 Å². The van der Waals surface area contributed by atoms with Gasteiger partial charge in [0, 0.05) is 18.1 Å². The monoisotopic (exact) mass is 288 g/mol. The molecule has 1 saturated heterocycles. The van der Waals surface area contributed by atoms with E-state index in [1.807, 2.05) is 12.1 Å². The smallest absolute Gasteiger partial charge is 0.247 e. The fraction of sp³-hybridized carbons (Fsp3) is 0.375. The van der Waals surface area contributed by atoms with Gasteiger partial charge in [-0.05, 0) is 25.0 Å². The highest BCUT2D eigenvalue weighted by molar-refractivity contribution is 5.98. The van der Waals surface area contributed by atoms with Crippen molar-refractivity contribution in [1.82, 2.24) is 4.98 Å². The zero-order valence-corrected chi connectivity index (χ0v) is 12.2. The normalized spacial score (nSPS) is 18.4. The van der Waals surface area contributed by atoms with Crippen LogP contribution in [0.2, 0.25) is 0 Å². The zero-order chi connectivity index (χ0) is 15.1. The minimum absolute atomic E-state index is 0.266. The van der Waals surface area contributed by atoms with Crippen molar-refractivity contribution in [3.8, 4) is 5.88 Å². The Kier molecular flexibility index (Phi) is 5.51. The van der Waals surface area contributed by atoms with Crippen molar-refractivity contribution in [1.29, 1.82) is 0 Å². The van der Waals surface area contributed by atoms with Crippen molar-refractivity contribution in [3.63, 3.8) is 0 Å². The summed E-state index contributed by atoms with van der Waals surface area (Å²) >= 11 is 0. The van der Waals surface area contributed by atoms with Gasteiger partial charge in [-0.15, -0.1) is 0 Å². The van der Waals surface area contributed by atoms with Crippen LogP contribution in [0.1, 0.15) is 18.4 Å². The molecule has 0 aromatic carbocycles. The summed E-state index contributed by atoms with van der Waals surface area (Å²) < 4.78 is 10.7. The number of carbonyl (C=O) groups is 1. The molecular weight excluding hydrogens is 268 g/mol. The van der Waals surface area contributed by atoms with Crippen molar-refractivity contribution in [2.45, 2.75) is 12.8 Å². The maximum absolute atomic E-state index is 11.3. The van der Waals surface area contributed by atoms with Crippen LogP contribution in [0.25, 0.3) is 6.08 Å². The van der Waals surface area contributed by atoms with Gasteiger partial charge in [0.25, 0.3) is 0 Å². The van der Waals surface area contributed by atoms with Crippen LogP contribution in [0.5, 0.6) is 5.88 Å². The lowest BCUT2D eigenvalue weighted by Gasteiger charge is -2.18. The number of amides is 1. The van der Waals surface area contributed by atoms with Crippen LogP contribution in [0.3, 0.4) is 0 Å². The van der Waals surface area contributed by atoms with E-state index in [1.54, 1.807) is 13.3 Å². The van der Waals surface area contributed by atoms with Crippen molar-refractivity contribution in [3.05, 3.63) is 36.6 Å². The van der Waals surface area contributed by atoms with Gasteiger partial charge >= 0.3 is 0 Å². The van der Waals surface area contributed by atoms with E-state index in [9.17, 15) is 4.79 Å². The molecule has 0 bridgehead atoms. The lowest BCUT2D eigenvalue weighted by Crippen LogP contribution is -2.14. The fourth-order valence-corrected chi connectivity index (χ4v) is 2.18. The highest BCUT2D eigenvalue weighted by Crippen LogP contribution is 2.23. The van der Waals surface area contributed by atoms with E-state index in [2.05, 4.69) is 23.0 Å². The van der Waals surface area contributed by atoms with Gasteiger partial charge in [-0.1, -0.05) is 18.7 Å². The van der Waals surface area contributed by atoms with Gasteiger partial charge in [-0.25, -0.2) is 4.98 Å². The largest absolute Gasteiger partial charge is 0.481 e. The van der Waals surface area contributed by atoms with Crippen LogP contribution in [0.15, 0.2) is 31.0 Å². The highest BCUT2D eigenvalue weighted by Gasteiger charge is 2.11. The van der Waals surface area contributed by atoms with E-state index in [4.69, 9.17) is 9.47 Å². The quantitative estimate of drug-likeness (QED) is 0.846. The van der Waals surface area contributed by atoms with Gasteiger partial charge in [-0.2, -0.15) is 0 Å². The molecule has 5 nitrogen and oxygen atoms in total. The fourth-order valence-electron chi connectivity index (χ4n) is 2.18. The molecule has 1 aliphatic heterocycles. The van der Waals surface area contributed by atoms with E-state index in [0.29, 0.717) is 17.5 Å². The summed E-state index contributed by atoms with van der Waals surface area (Å²) in [7, 11) is 1.57. The third kappa shape index (κ3) is 4.43. The Bertz CT molecular complexity index is 534. The van der Waals surface area contributed by atoms with E-state index in [0.717, 1.165) is 31.6 Å². The first-order valence-corrected chi connectivity index (χ1v) is 6.96. The molecular formula is C16H20N2O3. The van der Waals surface area contributed by atoms with Gasteiger partial charge in [0.15, 0.2) is 0 Å². The summed E-state index contributed by atoms with van der Waals surface area (Å²) in [6, 6.07) is 1.83. The third-order valence-corrected chi connectivity index (χ3v) is 3.27. The summed E-state index contributed by atoms with van der Waals surface area (Å²) in [4.78, 5) is 15.5. The van der Waals surface area contributed by atoms with Crippen molar-refractivity contribution in [2.75, 3.05) is 25.6 Å². The number of anilines is 1. The predicted molar refractivity (Wildman–Crippen MR) is 82.2 cm³/mol. The number of nitrogens with one attached hydrogen (secondary N) is 1. The molecule has 1 aromatic heterocycles. The Morgan fingerprint density at radius 2 is 2.48 bits per heavy atom. The predicted octanol–water partition coefficient (Wildman–Crippen LogP) is 2.65. The molecule has 2 heterocycles. The molecule has 1 amide bonds. The van der Waals surface area contributed by atoms with E-state index in [1.165, 1.54) is 6.08 Å². The van der Waals surface area contributed by atoms with Crippen LogP contribution >= 0.6 is 0 Å². The standard InChI is InChI=1S/C16H20N2O3/c1-3-15(19)18-14-9-13(16(20-2)17-10-14)7-6-12-5-4-8-21-11-12/h3,6-7,9-10,12H,1,4-5,8,11H2,2H3,(H,18,19)/b7-6+/t12-/m0/s1. The first-order chi connectivity index (χ1) is 10.2. The van der Waals surface area contributed by atoms with E-state index >= 15 is 0 Å². The minimum atomic E-state index is -0.266. The highest BCUT2D eigenvalue weighted by atomic mass is 16.5. The average molecular weight is 288 g/mol. The zero-order valence-electron chi connectivity index (χ0n) is 12.2. The molecule has 1 aromatic rings. The molecule has 21 heavy (non-hydrogen) atoms. The number of hydrogen-bond acceptors (Lipinski definition) is 4. The number of ether oxygens (including phenoxy) is 2. The number of nitrogens with zero attached hydrogens (tertiary/aromatic N) is 1. The van der Waals surface area contributed by atoms with Crippen LogP contribution in [-0.2, 0) is 9.53 Å². The number of pyridine rings is 1. The lowest BCUT2D eigenvalue weighted by atomic mass is 10.0. The SMILES string of the molecule is C=CC(=O)Nc1cnc(OC)c(/C=C/[C@@H]2CCCOC2)c1. The second-order valence-corrected chi connectivity index (χ2v) is 4.85. The third-order valence-electron chi connectivity index (χ3n) is 3.27. The molecule has 0 aliphatic carbocycles. The van der Waals surface area contributed by atoms with Gasteiger partial charge in [-0.3, -0.25) is 4.79 Å². The molecule has 5 heteroatoms. The number of carbonyl (C=O) groups excluding carboxylic acids is 1. The number of methoxy groups -OCH3 is 1. The van der Waals surface area contributed by atoms with Crippen molar-refractivity contribution >= 4 is 17.7 Å². The summed E-state index contributed by atoms with van der Waals surface area (Å²) in [5.74, 6) is 0.673. The molecule has 1 aliphatic rings. The molecule has 1 N–H and O–H groups in total. The molecule has 2 rings (SSSR count). The van der Waals surface area contributed by atoms with Crippen molar-refractivity contribution in [2.24, 2.45) is 5.92 Å². The molecule has 0 radical (unpaired) electrons. The van der Waals surface area contributed by atoms with Gasteiger partial charge < -0.3 is 14.8 Å². The summed E-state index contributed by atoms with van der Waals surface area (Å²) in [5.41, 5.74) is 1.44. The maximum atomic E-state index is 11.3. The van der Waals surface area contributed by atoms with Crippen LogP contribution in [-0.4, -0.2) is 31.2 Å². The Morgan fingerprint density at radius 3 is 3.14 bits per heavy atom. The molecule has 0 unspecified atom stereocenters. The number of aromatic nitrogens is 1. The first kappa shape index (κ1) is 15.3. The van der Waals surface area contributed by atoms with Crippen molar-refractivity contribution < 1.29 is 14.3 Å². The number of hydrogen-bond donors (Lipinski definition) is 1. The second-order valence-electron chi connectivity index (χ2n) is 4.85. The molecule has 1 atom stereocenters. The van der Waals surface area contributed by atoms with E-state index < -0.39 is 0 Å². The molecule has 112 valence electrons. The molecule has 0 spiro atoms. The first-order valence-electron chi connectivity index (χ1n) is 6.96. The van der Waals surface area contributed by atoms with Gasteiger partial charge in [0.05, 0.1) is 25.6 Å². The Balaban J connectivity index is 2.14. The minimum Gasteiger partial charge on any atom is -0.481 e. The topological polar surface area (TPSA) is 60.5 Å². The summed E-state index contributed by atoms with van der Waals surface area (Å²) in [6.07, 6.45) is 9.06. The second kappa shape index (κ2) is 7.59. The maximum Gasteiger partial charge on any atom is 0.247 e. The van der Waals surface area contributed by atoms with Crippen LogP contribution < -0.4 is 10.1 Å². The lowest BCUT2D eigenvalue weighted by molar-refractivity contribution is -0.111. The van der Waals surface area contributed by atoms with E-state index in [-0.39, 0.29) is 5.91 Å². The molecule has 0 saturated carbocycles. The van der Waals surface area contributed by atoms with Crippen LogP contribution in [0.4, 0.5) is 5.69 Å². The Morgan fingerprint density at radius 1 is 1.62 bits per heavy atom. The Hall–Kier alpha value is -2.14.